The van der Waals surface area contributed by atoms with Crippen LogP contribution < -0.4 is 15.0 Å². The van der Waals surface area contributed by atoms with E-state index in [1.807, 2.05) is 36.4 Å². The first-order chi connectivity index (χ1) is 12.6. The molecular formula is C20H18N2O4. The Balaban J connectivity index is 1.66. The van der Waals surface area contributed by atoms with Crippen molar-refractivity contribution in [3.8, 4) is 11.5 Å². The van der Waals surface area contributed by atoms with Crippen molar-refractivity contribution in [2.75, 3.05) is 6.79 Å². The number of aromatic amines is 1. The van der Waals surface area contributed by atoms with Crippen molar-refractivity contribution < 1.29 is 14.3 Å². The molecule has 0 unspecified atom stereocenters. The molecule has 132 valence electrons. The highest BCUT2D eigenvalue weighted by atomic mass is 16.7. The second-order valence-corrected chi connectivity index (χ2v) is 6.28. The lowest BCUT2D eigenvalue weighted by Gasteiger charge is -2.21. The number of pyridine rings is 1. The van der Waals surface area contributed by atoms with Crippen LogP contribution in [0.2, 0.25) is 0 Å². The highest BCUT2D eigenvalue weighted by Crippen LogP contribution is 2.35. The quantitative estimate of drug-likeness (QED) is 0.785. The molecule has 0 radical (unpaired) electrons. The van der Waals surface area contributed by atoms with Gasteiger partial charge in [0.05, 0.1) is 12.1 Å². The van der Waals surface area contributed by atoms with E-state index in [1.165, 1.54) is 6.92 Å². The van der Waals surface area contributed by atoms with Gasteiger partial charge < -0.3 is 19.4 Å². The van der Waals surface area contributed by atoms with Crippen LogP contribution in [0.25, 0.3) is 10.9 Å². The Bertz CT molecular complexity index is 1030. The number of nitrogens with zero attached hydrogens (tertiary/aromatic N) is 1. The maximum atomic E-state index is 12.5. The van der Waals surface area contributed by atoms with Crippen molar-refractivity contribution >= 4 is 16.8 Å². The molecule has 1 aliphatic heterocycles. The molecule has 2 heterocycles. The van der Waals surface area contributed by atoms with Gasteiger partial charge in [0.25, 0.3) is 5.56 Å². The van der Waals surface area contributed by atoms with Crippen LogP contribution in [0.1, 0.15) is 18.1 Å². The standard InChI is InChI=1S/C20H18N2O4/c1-13(23)22(10-14-5-3-2-4-6-14)11-16-7-15-8-18-19(26-12-25-18)9-17(15)21-20(16)24/h2-9H,10-12H2,1H3,(H,21,24). The Hall–Kier alpha value is -3.28. The Kier molecular flexibility index (Phi) is 4.08. The number of benzene rings is 2. The smallest absolute Gasteiger partial charge is 0.253 e. The largest absolute Gasteiger partial charge is 0.454 e. The molecule has 3 aromatic rings. The predicted molar refractivity (Wildman–Crippen MR) is 97.1 cm³/mol. The molecule has 0 fully saturated rings. The molecular weight excluding hydrogens is 332 g/mol. The average Bonchev–Trinajstić information content (AvgIpc) is 3.08. The summed E-state index contributed by atoms with van der Waals surface area (Å²) in [5.41, 5.74) is 2.02. The molecule has 1 aromatic heterocycles. The number of fused-ring (bicyclic) bond motifs is 2. The van der Waals surface area contributed by atoms with Gasteiger partial charge in [0.15, 0.2) is 11.5 Å². The van der Waals surface area contributed by atoms with Gasteiger partial charge in [-0.05, 0) is 17.7 Å². The van der Waals surface area contributed by atoms with Crippen molar-refractivity contribution in [3.63, 3.8) is 0 Å². The zero-order valence-electron chi connectivity index (χ0n) is 14.3. The summed E-state index contributed by atoms with van der Waals surface area (Å²) in [6, 6.07) is 15.1. The molecule has 0 aliphatic carbocycles. The summed E-state index contributed by atoms with van der Waals surface area (Å²) in [6.45, 7) is 2.38. The normalized spacial score (nSPS) is 12.3. The molecule has 4 rings (SSSR count). The lowest BCUT2D eigenvalue weighted by Crippen LogP contribution is -2.30. The van der Waals surface area contributed by atoms with Crippen LogP contribution in [0, 0.1) is 0 Å². The Morgan fingerprint density at radius 3 is 2.54 bits per heavy atom. The van der Waals surface area contributed by atoms with Gasteiger partial charge in [0.1, 0.15) is 0 Å². The first-order valence-corrected chi connectivity index (χ1v) is 8.35. The maximum absolute atomic E-state index is 12.5. The lowest BCUT2D eigenvalue weighted by molar-refractivity contribution is -0.130. The molecule has 6 nitrogen and oxygen atoms in total. The minimum atomic E-state index is -0.212. The van der Waals surface area contributed by atoms with Crippen LogP contribution in [0.5, 0.6) is 11.5 Å². The van der Waals surface area contributed by atoms with Crippen LogP contribution >= 0.6 is 0 Å². The molecule has 0 spiro atoms. The maximum Gasteiger partial charge on any atom is 0.253 e. The van der Waals surface area contributed by atoms with Gasteiger partial charge in [0, 0.05) is 30.5 Å². The predicted octanol–water partition coefficient (Wildman–Crippen LogP) is 2.81. The highest BCUT2D eigenvalue weighted by Gasteiger charge is 2.17. The first kappa shape index (κ1) is 16.2. The lowest BCUT2D eigenvalue weighted by atomic mass is 10.1. The van der Waals surface area contributed by atoms with E-state index < -0.39 is 0 Å². The summed E-state index contributed by atoms with van der Waals surface area (Å²) in [6.07, 6.45) is 0. The summed E-state index contributed by atoms with van der Waals surface area (Å²) < 4.78 is 10.7. The van der Waals surface area contributed by atoms with Gasteiger partial charge in [-0.1, -0.05) is 30.3 Å². The van der Waals surface area contributed by atoms with Crippen LogP contribution in [0.3, 0.4) is 0 Å². The number of carbonyl (C=O) groups is 1. The molecule has 0 saturated carbocycles. The van der Waals surface area contributed by atoms with Gasteiger partial charge >= 0.3 is 0 Å². The fourth-order valence-corrected chi connectivity index (χ4v) is 3.05. The Morgan fingerprint density at radius 2 is 1.81 bits per heavy atom. The summed E-state index contributed by atoms with van der Waals surface area (Å²) in [7, 11) is 0. The van der Waals surface area contributed by atoms with Gasteiger partial charge in [-0.3, -0.25) is 9.59 Å². The SMILES string of the molecule is CC(=O)N(Cc1ccccc1)Cc1cc2cc3c(cc2[nH]c1=O)OCO3. The van der Waals surface area contributed by atoms with E-state index in [0.717, 1.165) is 10.9 Å². The molecule has 2 aromatic carbocycles. The van der Waals surface area contributed by atoms with Crippen molar-refractivity contribution in [1.29, 1.82) is 0 Å². The van der Waals surface area contributed by atoms with Gasteiger partial charge in [0.2, 0.25) is 12.7 Å². The van der Waals surface area contributed by atoms with Crippen molar-refractivity contribution in [3.05, 3.63) is 70.0 Å². The Labute approximate surface area is 150 Å². The van der Waals surface area contributed by atoms with E-state index in [4.69, 9.17) is 9.47 Å². The molecule has 1 amide bonds. The summed E-state index contributed by atoms with van der Waals surface area (Å²) in [5.74, 6) is 1.19. The second kappa shape index (κ2) is 6.55. The van der Waals surface area contributed by atoms with Crippen LogP contribution in [-0.4, -0.2) is 22.6 Å². The van der Waals surface area contributed by atoms with Crippen LogP contribution in [0.4, 0.5) is 0 Å². The van der Waals surface area contributed by atoms with E-state index in [1.54, 1.807) is 17.0 Å². The van der Waals surface area contributed by atoms with Crippen LogP contribution in [0.15, 0.2) is 53.3 Å². The van der Waals surface area contributed by atoms with Crippen molar-refractivity contribution in [2.45, 2.75) is 20.0 Å². The Morgan fingerprint density at radius 1 is 1.08 bits per heavy atom. The van der Waals surface area contributed by atoms with Gasteiger partial charge in [-0.2, -0.15) is 0 Å². The molecule has 1 N–H and O–H groups in total. The number of carbonyl (C=O) groups excluding carboxylic acids is 1. The summed E-state index contributed by atoms with van der Waals surface area (Å²) in [5, 5.41) is 0.840. The monoisotopic (exact) mass is 350 g/mol. The molecule has 26 heavy (non-hydrogen) atoms. The van der Waals surface area contributed by atoms with E-state index in [-0.39, 0.29) is 24.8 Å². The zero-order valence-corrected chi connectivity index (χ0v) is 14.3. The first-order valence-electron chi connectivity index (χ1n) is 8.35. The molecule has 1 aliphatic rings. The number of H-pyrrole nitrogens is 1. The van der Waals surface area contributed by atoms with Gasteiger partial charge in [-0.15, -0.1) is 0 Å². The van der Waals surface area contributed by atoms with Crippen molar-refractivity contribution in [1.82, 2.24) is 9.88 Å². The zero-order chi connectivity index (χ0) is 18.1. The third kappa shape index (κ3) is 3.13. The van der Waals surface area contributed by atoms with E-state index in [0.29, 0.717) is 29.1 Å². The van der Waals surface area contributed by atoms with Crippen LogP contribution in [-0.2, 0) is 17.9 Å². The number of aromatic nitrogens is 1. The summed E-state index contributed by atoms with van der Waals surface area (Å²) >= 11 is 0. The molecule has 6 heteroatoms. The fourth-order valence-electron chi connectivity index (χ4n) is 3.05. The minimum Gasteiger partial charge on any atom is -0.454 e. The van der Waals surface area contributed by atoms with E-state index in [2.05, 4.69) is 4.98 Å². The van der Waals surface area contributed by atoms with Gasteiger partial charge in [-0.25, -0.2) is 0 Å². The number of nitrogens with one attached hydrogen (secondary N) is 1. The average molecular weight is 350 g/mol. The topological polar surface area (TPSA) is 71.6 Å². The summed E-state index contributed by atoms with van der Waals surface area (Å²) in [4.78, 5) is 29.1. The minimum absolute atomic E-state index is 0.0842. The van der Waals surface area contributed by atoms with Crippen molar-refractivity contribution in [2.24, 2.45) is 0 Å². The number of amides is 1. The number of rotatable bonds is 4. The fraction of sp³-hybridized carbons (Fsp3) is 0.200. The second-order valence-electron chi connectivity index (χ2n) is 6.28. The number of hydrogen-bond donors (Lipinski definition) is 1. The number of ether oxygens (including phenoxy) is 2. The molecule has 0 atom stereocenters. The van der Waals surface area contributed by atoms with E-state index >= 15 is 0 Å². The number of hydrogen-bond acceptors (Lipinski definition) is 4. The third-order valence-electron chi connectivity index (χ3n) is 4.44. The molecule has 0 bridgehead atoms. The third-order valence-corrected chi connectivity index (χ3v) is 4.44. The molecule has 0 saturated heterocycles. The van der Waals surface area contributed by atoms with E-state index in [9.17, 15) is 9.59 Å². The highest BCUT2D eigenvalue weighted by molar-refractivity contribution is 5.83.